The number of phenols is 1. The highest BCUT2D eigenvalue weighted by Gasteiger charge is 2.13. The third-order valence-corrected chi connectivity index (χ3v) is 2.58. The molecule has 0 heterocycles. The number of phenolic OH excluding ortho intramolecular Hbond substituents is 1. The fourth-order valence-corrected chi connectivity index (χ4v) is 1.77. The fourth-order valence-electron chi connectivity index (χ4n) is 1.77. The van der Waals surface area contributed by atoms with Crippen LogP contribution in [0.25, 0.3) is 0 Å². The van der Waals surface area contributed by atoms with Crippen molar-refractivity contribution in [1.29, 1.82) is 0 Å². The van der Waals surface area contributed by atoms with Crippen molar-refractivity contribution in [2.75, 3.05) is 0 Å². The molecule has 16 heavy (non-hydrogen) atoms. The molecular weight excluding hydrogens is 196 g/mol. The zero-order valence-corrected chi connectivity index (χ0v) is 8.93. The van der Waals surface area contributed by atoms with Crippen LogP contribution in [-0.2, 0) is 0 Å². The Bertz CT molecular complexity index is 474. The van der Waals surface area contributed by atoms with Gasteiger partial charge in [0.1, 0.15) is 5.75 Å². The molecule has 0 fully saturated rings. The molecule has 1 radical (unpaired) electrons. The SMILES string of the molecule is C=CC(c1[c]cccc1)c1ccccc1O. The second-order valence-corrected chi connectivity index (χ2v) is 3.59. The number of allylic oxidation sites excluding steroid dienone is 1. The van der Waals surface area contributed by atoms with E-state index in [2.05, 4.69) is 12.6 Å². The molecule has 0 aromatic heterocycles. The standard InChI is InChI=1S/C15H13O/c1-2-13(12-8-4-3-5-9-12)14-10-6-7-11-15(14)16/h2-8,10-11,13,16H,1H2. The van der Waals surface area contributed by atoms with Gasteiger partial charge in [0.05, 0.1) is 0 Å². The van der Waals surface area contributed by atoms with Crippen molar-refractivity contribution >= 4 is 0 Å². The predicted octanol–water partition coefficient (Wildman–Crippen LogP) is 3.51. The van der Waals surface area contributed by atoms with E-state index in [4.69, 9.17) is 0 Å². The van der Waals surface area contributed by atoms with Crippen LogP contribution in [0.2, 0.25) is 0 Å². The van der Waals surface area contributed by atoms with E-state index in [-0.39, 0.29) is 5.92 Å². The average molecular weight is 209 g/mol. The minimum Gasteiger partial charge on any atom is -0.508 e. The van der Waals surface area contributed by atoms with Crippen molar-refractivity contribution in [2.45, 2.75) is 5.92 Å². The summed E-state index contributed by atoms with van der Waals surface area (Å²) in [7, 11) is 0. The molecule has 1 nitrogen and oxygen atoms in total. The number of benzene rings is 2. The molecule has 1 N–H and O–H groups in total. The summed E-state index contributed by atoms with van der Waals surface area (Å²) >= 11 is 0. The number of hydrogen-bond acceptors (Lipinski definition) is 1. The number of rotatable bonds is 3. The molecule has 1 atom stereocenters. The van der Waals surface area contributed by atoms with Gasteiger partial charge in [-0.05, 0) is 17.7 Å². The zero-order chi connectivity index (χ0) is 11.4. The Morgan fingerprint density at radius 3 is 2.50 bits per heavy atom. The van der Waals surface area contributed by atoms with Gasteiger partial charge in [0, 0.05) is 11.5 Å². The van der Waals surface area contributed by atoms with Gasteiger partial charge in [-0.25, -0.2) is 0 Å². The lowest BCUT2D eigenvalue weighted by atomic mass is 9.91. The first-order valence-corrected chi connectivity index (χ1v) is 5.20. The summed E-state index contributed by atoms with van der Waals surface area (Å²) in [5.74, 6) is 0.284. The first-order chi connectivity index (χ1) is 7.83. The van der Waals surface area contributed by atoms with Crippen molar-refractivity contribution in [3.05, 3.63) is 78.4 Å². The Morgan fingerprint density at radius 2 is 1.88 bits per heavy atom. The Morgan fingerprint density at radius 1 is 1.12 bits per heavy atom. The van der Waals surface area contributed by atoms with Crippen LogP contribution < -0.4 is 0 Å². The Balaban J connectivity index is 2.45. The molecule has 2 rings (SSSR count). The summed E-state index contributed by atoms with van der Waals surface area (Å²) in [5.41, 5.74) is 1.87. The molecule has 79 valence electrons. The Hall–Kier alpha value is -2.02. The molecule has 0 saturated heterocycles. The summed E-state index contributed by atoms with van der Waals surface area (Å²) in [6, 6.07) is 18.2. The highest BCUT2D eigenvalue weighted by atomic mass is 16.3. The van der Waals surface area contributed by atoms with Crippen molar-refractivity contribution < 1.29 is 5.11 Å². The van der Waals surface area contributed by atoms with Crippen molar-refractivity contribution in [1.82, 2.24) is 0 Å². The minimum atomic E-state index is -0.0117. The second kappa shape index (κ2) is 4.67. The van der Waals surface area contributed by atoms with Crippen LogP contribution in [0.1, 0.15) is 17.0 Å². The fraction of sp³-hybridized carbons (Fsp3) is 0.0667. The lowest BCUT2D eigenvalue weighted by Crippen LogP contribution is -1.97. The van der Waals surface area contributed by atoms with Gasteiger partial charge in [-0.15, -0.1) is 6.58 Å². The lowest BCUT2D eigenvalue weighted by Gasteiger charge is -2.14. The summed E-state index contributed by atoms with van der Waals surface area (Å²) in [5, 5.41) is 9.81. The van der Waals surface area contributed by atoms with E-state index in [1.807, 2.05) is 48.5 Å². The van der Waals surface area contributed by atoms with Gasteiger partial charge in [0.15, 0.2) is 0 Å². The van der Waals surface area contributed by atoms with Crippen molar-refractivity contribution in [3.8, 4) is 5.75 Å². The van der Waals surface area contributed by atoms with Crippen LogP contribution >= 0.6 is 0 Å². The molecular formula is C15H13O. The number of hydrogen-bond donors (Lipinski definition) is 1. The van der Waals surface area contributed by atoms with E-state index in [1.54, 1.807) is 6.07 Å². The first-order valence-electron chi connectivity index (χ1n) is 5.20. The van der Waals surface area contributed by atoms with Gasteiger partial charge in [-0.2, -0.15) is 0 Å². The van der Waals surface area contributed by atoms with Gasteiger partial charge in [0.2, 0.25) is 0 Å². The highest BCUT2D eigenvalue weighted by molar-refractivity contribution is 5.43. The molecule has 2 aromatic rings. The molecule has 2 aromatic carbocycles. The molecule has 0 aliphatic rings. The van der Waals surface area contributed by atoms with Crippen LogP contribution in [-0.4, -0.2) is 5.11 Å². The number of aromatic hydroxyl groups is 1. The molecule has 0 aliphatic heterocycles. The average Bonchev–Trinajstić information content (AvgIpc) is 2.34. The molecule has 0 saturated carbocycles. The largest absolute Gasteiger partial charge is 0.508 e. The summed E-state index contributed by atoms with van der Waals surface area (Å²) in [6.07, 6.45) is 1.82. The molecule has 1 unspecified atom stereocenters. The molecule has 1 heteroatoms. The van der Waals surface area contributed by atoms with Gasteiger partial charge < -0.3 is 5.11 Å². The third-order valence-electron chi connectivity index (χ3n) is 2.58. The zero-order valence-electron chi connectivity index (χ0n) is 8.93. The van der Waals surface area contributed by atoms with Gasteiger partial charge >= 0.3 is 0 Å². The summed E-state index contributed by atoms with van der Waals surface area (Å²) < 4.78 is 0. The van der Waals surface area contributed by atoms with Crippen molar-refractivity contribution in [2.24, 2.45) is 0 Å². The third kappa shape index (κ3) is 1.98. The maximum absolute atomic E-state index is 9.81. The van der Waals surface area contributed by atoms with Gasteiger partial charge in [0.25, 0.3) is 0 Å². The monoisotopic (exact) mass is 209 g/mol. The quantitative estimate of drug-likeness (QED) is 0.767. The van der Waals surface area contributed by atoms with E-state index in [0.717, 1.165) is 11.1 Å². The summed E-state index contributed by atoms with van der Waals surface area (Å²) in [6.45, 7) is 3.82. The number of para-hydroxylation sites is 1. The van der Waals surface area contributed by atoms with Crippen LogP contribution in [0.5, 0.6) is 5.75 Å². The predicted molar refractivity (Wildman–Crippen MR) is 65.4 cm³/mol. The smallest absolute Gasteiger partial charge is 0.119 e. The van der Waals surface area contributed by atoms with E-state index in [9.17, 15) is 5.11 Å². The topological polar surface area (TPSA) is 20.2 Å². The molecule has 0 amide bonds. The van der Waals surface area contributed by atoms with Crippen LogP contribution in [0, 0.1) is 6.07 Å². The van der Waals surface area contributed by atoms with E-state index in [0.29, 0.717) is 5.75 Å². The van der Waals surface area contributed by atoms with Crippen LogP contribution in [0.15, 0.2) is 61.2 Å². The Labute approximate surface area is 95.7 Å². The van der Waals surface area contributed by atoms with Crippen LogP contribution in [0.4, 0.5) is 0 Å². The second-order valence-electron chi connectivity index (χ2n) is 3.59. The summed E-state index contributed by atoms with van der Waals surface area (Å²) in [4.78, 5) is 0. The Kier molecular flexibility index (Phi) is 3.06. The highest BCUT2D eigenvalue weighted by Crippen LogP contribution is 2.31. The minimum absolute atomic E-state index is 0.0117. The molecule has 0 spiro atoms. The molecule has 0 bridgehead atoms. The van der Waals surface area contributed by atoms with Crippen LogP contribution in [0.3, 0.4) is 0 Å². The normalized spacial score (nSPS) is 12.0. The first kappa shape index (κ1) is 10.5. The van der Waals surface area contributed by atoms with E-state index >= 15 is 0 Å². The van der Waals surface area contributed by atoms with E-state index in [1.165, 1.54) is 0 Å². The lowest BCUT2D eigenvalue weighted by molar-refractivity contribution is 0.467. The molecule has 0 aliphatic carbocycles. The van der Waals surface area contributed by atoms with Crippen molar-refractivity contribution in [3.63, 3.8) is 0 Å². The van der Waals surface area contributed by atoms with Gasteiger partial charge in [-0.3, -0.25) is 0 Å². The van der Waals surface area contributed by atoms with Gasteiger partial charge in [-0.1, -0.05) is 48.5 Å². The van der Waals surface area contributed by atoms with E-state index < -0.39 is 0 Å². The maximum atomic E-state index is 9.81. The maximum Gasteiger partial charge on any atom is 0.119 e.